The number of benzene rings is 1. The van der Waals surface area contributed by atoms with E-state index in [1.54, 1.807) is 6.07 Å². The van der Waals surface area contributed by atoms with Gasteiger partial charge in [0.05, 0.1) is 7.11 Å². The Labute approximate surface area is 97.5 Å². The molecule has 0 amide bonds. The smallest absolute Gasteiger partial charge is 0.321 e. The minimum atomic E-state index is -0.358. The summed E-state index contributed by atoms with van der Waals surface area (Å²) in [6.07, 6.45) is 0. The normalized spacial score (nSPS) is 10.3. The van der Waals surface area contributed by atoms with Crippen molar-refractivity contribution in [2.75, 3.05) is 12.8 Å². The van der Waals surface area contributed by atoms with Crippen LogP contribution < -0.4 is 10.5 Å². The fourth-order valence-electron chi connectivity index (χ4n) is 1.42. The van der Waals surface area contributed by atoms with Crippen molar-refractivity contribution in [3.8, 4) is 17.4 Å². The van der Waals surface area contributed by atoms with Gasteiger partial charge < -0.3 is 10.5 Å². The molecule has 6 heteroatoms. The number of hydrogen-bond donors (Lipinski definition) is 1. The summed E-state index contributed by atoms with van der Waals surface area (Å²) in [5, 5.41) is 0. The van der Waals surface area contributed by atoms with Crippen LogP contribution in [0, 0.1) is 12.7 Å². The Morgan fingerprint density at radius 1 is 1.24 bits per heavy atom. The zero-order valence-electron chi connectivity index (χ0n) is 9.44. The van der Waals surface area contributed by atoms with Crippen LogP contribution in [-0.2, 0) is 0 Å². The first-order valence-electron chi connectivity index (χ1n) is 4.92. The maximum atomic E-state index is 13.2. The van der Waals surface area contributed by atoms with E-state index in [9.17, 15) is 4.39 Å². The van der Waals surface area contributed by atoms with E-state index >= 15 is 0 Å². The van der Waals surface area contributed by atoms with Crippen molar-refractivity contribution in [2.24, 2.45) is 0 Å². The lowest BCUT2D eigenvalue weighted by atomic mass is 10.1. The van der Waals surface area contributed by atoms with E-state index < -0.39 is 0 Å². The first-order chi connectivity index (χ1) is 8.10. The Bertz CT molecular complexity index is 559. The summed E-state index contributed by atoms with van der Waals surface area (Å²) < 4.78 is 18.1. The van der Waals surface area contributed by atoms with Crippen molar-refractivity contribution in [3.63, 3.8) is 0 Å². The van der Waals surface area contributed by atoms with Crippen LogP contribution in [0.25, 0.3) is 11.4 Å². The SMILES string of the molecule is COc1nc(N)nc(-c2cc(F)ccc2C)n1. The van der Waals surface area contributed by atoms with E-state index in [0.29, 0.717) is 11.4 Å². The predicted octanol–water partition coefficient (Wildman–Crippen LogP) is 1.58. The van der Waals surface area contributed by atoms with Gasteiger partial charge in [-0.25, -0.2) is 4.39 Å². The van der Waals surface area contributed by atoms with Crippen molar-refractivity contribution in [3.05, 3.63) is 29.6 Å². The first kappa shape index (κ1) is 11.3. The van der Waals surface area contributed by atoms with Gasteiger partial charge in [0.15, 0.2) is 5.82 Å². The molecule has 2 aromatic rings. The fourth-order valence-corrected chi connectivity index (χ4v) is 1.42. The molecule has 0 fully saturated rings. The van der Waals surface area contributed by atoms with E-state index in [1.807, 2.05) is 6.92 Å². The number of anilines is 1. The van der Waals surface area contributed by atoms with Gasteiger partial charge in [0, 0.05) is 5.56 Å². The Kier molecular flexibility index (Phi) is 2.86. The van der Waals surface area contributed by atoms with Gasteiger partial charge in [-0.2, -0.15) is 15.0 Å². The van der Waals surface area contributed by atoms with E-state index in [0.717, 1.165) is 5.56 Å². The quantitative estimate of drug-likeness (QED) is 0.853. The third kappa shape index (κ3) is 2.30. The Morgan fingerprint density at radius 3 is 2.71 bits per heavy atom. The van der Waals surface area contributed by atoms with Crippen molar-refractivity contribution in [1.29, 1.82) is 0 Å². The monoisotopic (exact) mass is 234 g/mol. The zero-order chi connectivity index (χ0) is 12.4. The summed E-state index contributed by atoms with van der Waals surface area (Å²) in [4.78, 5) is 11.8. The lowest BCUT2D eigenvalue weighted by Crippen LogP contribution is -2.03. The van der Waals surface area contributed by atoms with Crippen LogP contribution in [0.15, 0.2) is 18.2 Å². The third-order valence-electron chi connectivity index (χ3n) is 2.26. The van der Waals surface area contributed by atoms with Gasteiger partial charge in [0.1, 0.15) is 5.82 Å². The molecule has 1 aromatic carbocycles. The highest BCUT2D eigenvalue weighted by molar-refractivity contribution is 5.60. The summed E-state index contributed by atoms with van der Waals surface area (Å²) in [6, 6.07) is 4.48. The van der Waals surface area contributed by atoms with Gasteiger partial charge in [-0.1, -0.05) is 6.07 Å². The molecule has 0 aliphatic rings. The van der Waals surface area contributed by atoms with Gasteiger partial charge in [-0.05, 0) is 24.6 Å². The molecule has 2 rings (SSSR count). The number of nitrogen functional groups attached to an aromatic ring is 1. The Hall–Kier alpha value is -2.24. The second-order valence-electron chi connectivity index (χ2n) is 3.46. The van der Waals surface area contributed by atoms with E-state index in [1.165, 1.54) is 19.2 Å². The largest absolute Gasteiger partial charge is 0.467 e. The molecule has 0 aliphatic carbocycles. The van der Waals surface area contributed by atoms with Crippen molar-refractivity contribution in [1.82, 2.24) is 15.0 Å². The summed E-state index contributed by atoms with van der Waals surface area (Å²) in [7, 11) is 1.43. The van der Waals surface area contributed by atoms with Crippen molar-refractivity contribution >= 4 is 5.95 Å². The highest BCUT2D eigenvalue weighted by Gasteiger charge is 2.10. The van der Waals surface area contributed by atoms with Crippen LogP contribution >= 0.6 is 0 Å². The number of aromatic nitrogens is 3. The molecule has 0 spiro atoms. The average molecular weight is 234 g/mol. The first-order valence-corrected chi connectivity index (χ1v) is 4.92. The van der Waals surface area contributed by atoms with Crippen molar-refractivity contribution in [2.45, 2.75) is 6.92 Å². The van der Waals surface area contributed by atoms with Crippen LogP contribution in [0.1, 0.15) is 5.56 Å². The summed E-state index contributed by atoms with van der Waals surface area (Å²) in [5.41, 5.74) is 6.94. The molecule has 1 aromatic heterocycles. The molecule has 88 valence electrons. The number of aryl methyl sites for hydroxylation is 1. The van der Waals surface area contributed by atoms with Crippen LogP contribution in [0.3, 0.4) is 0 Å². The van der Waals surface area contributed by atoms with E-state index in [2.05, 4.69) is 15.0 Å². The number of hydrogen-bond acceptors (Lipinski definition) is 5. The van der Waals surface area contributed by atoms with E-state index in [4.69, 9.17) is 10.5 Å². The molecule has 5 nitrogen and oxygen atoms in total. The van der Waals surface area contributed by atoms with E-state index in [-0.39, 0.29) is 17.8 Å². The highest BCUT2D eigenvalue weighted by Crippen LogP contribution is 2.22. The van der Waals surface area contributed by atoms with Crippen LogP contribution in [0.2, 0.25) is 0 Å². The van der Waals surface area contributed by atoms with Crippen LogP contribution in [0.4, 0.5) is 10.3 Å². The average Bonchev–Trinajstić information content (AvgIpc) is 2.31. The minimum absolute atomic E-state index is 0.0375. The molecule has 0 radical (unpaired) electrons. The van der Waals surface area contributed by atoms with Gasteiger partial charge in [0.2, 0.25) is 5.95 Å². The second-order valence-corrected chi connectivity index (χ2v) is 3.46. The lowest BCUT2D eigenvalue weighted by molar-refractivity contribution is 0.379. The molecule has 0 aliphatic heterocycles. The maximum Gasteiger partial charge on any atom is 0.321 e. The number of nitrogens with two attached hydrogens (primary N) is 1. The maximum absolute atomic E-state index is 13.2. The fraction of sp³-hybridized carbons (Fsp3) is 0.182. The Balaban J connectivity index is 2.59. The third-order valence-corrected chi connectivity index (χ3v) is 2.26. The highest BCUT2D eigenvalue weighted by atomic mass is 19.1. The number of methoxy groups -OCH3 is 1. The van der Waals surface area contributed by atoms with Crippen LogP contribution in [0.5, 0.6) is 6.01 Å². The lowest BCUT2D eigenvalue weighted by Gasteiger charge is -2.06. The van der Waals surface area contributed by atoms with Crippen molar-refractivity contribution < 1.29 is 9.13 Å². The molecule has 0 bridgehead atoms. The minimum Gasteiger partial charge on any atom is -0.467 e. The number of ether oxygens (including phenoxy) is 1. The zero-order valence-corrected chi connectivity index (χ0v) is 9.44. The van der Waals surface area contributed by atoms with Crippen LogP contribution in [-0.4, -0.2) is 22.1 Å². The van der Waals surface area contributed by atoms with Gasteiger partial charge >= 0.3 is 6.01 Å². The predicted molar refractivity (Wildman–Crippen MR) is 60.9 cm³/mol. The molecular weight excluding hydrogens is 223 g/mol. The molecule has 0 saturated heterocycles. The molecule has 17 heavy (non-hydrogen) atoms. The number of halogens is 1. The summed E-state index contributed by atoms with van der Waals surface area (Å²) in [5.74, 6) is -0.0228. The number of nitrogens with zero attached hydrogens (tertiary/aromatic N) is 3. The standard InChI is InChI=1S/C11H11FN4O/c1-6-3-4-7(12)5-8(6)9-14-10(13)16-11(15-9)17-2/h3-5H,1-2H3,(H2,13,14,15,16). The summed E-state index contributed by atoms with van der Waals surface area (Å²) >= 11 is 0. The van der Waals surface area contributed by atoms with Gasteiger partial charge in [-0.3, -0.25) is 0 Å². The molecule has 1 heterocycles. The summed E-state index contributed by atoms with van der Waals surface area (Å²) in [6.45, 7) is 1.83. The van der Waals surface area contributed by atoms with Gasteiger partial charge in [-0.15, -0.1) is 0 Å². The topological polar surface area (TPSA) is 73.9 Å². The number of rotatable bonds is 2. The molecule has 0 unspecified atom stereocenters. The molecule has 0 atom stereocenters. The molecule has 2 N–H and O–H groups in total. The Morgan fingerprint density at radius 2 is 2.00 bits per heavy atom. The van der Waals surface area contributed by atoms with Gasteiger partial charge in [0.25, 0.3) is 0 Å². The second kappa shape index (κ2) is 4.32. The molecular formula is C11H11FN4O. The molecule has 0 saturated carbocycles.